The van der Waals surface area contributed by atoms with Crippen molar-refractivity contribution >= 4 is 50.9 Å². The van der Waals surface area contributed by atoms with Gasteiger partial charge in [-0.25, -0.2) is 10.2 Å². The van der Waals surface area contributed by atoms with Crippen molar-refractivity contribution in [1.29, 1.82) is 0 Å². The van der Waals surface area contributed by atoms with E-state index >= 15 is 0 Å². The lowest BCUT2D eigenvalue weighted by atomic mass is 10.0. The first-order valence-electron chi connectivity index (χ1n) is 10.6. The Morgan fingerprint density at radius 3 is 2.53 bits per heavy atom. The van der Waals surface area contributed by atoms with E-state index in [2.05, 4.69) is 26.5 Å². The number of nitrogens with zero attached hydrogens (tertiary/aromatic N) is 1. The molecule has 0 aromatic heterocycles. The van der Waals surface area contributed by atoms with E-state index < -0.39 is 5.97 Å². The summed E-state index contributed by atoms with van der Waals surface area (Å²) >= 11 is 3.41. The van der Waals surface area contributed by atoms with Crippen LogP contribution in [0.1, 0.15) is 16.7 Å². The molecule has 0 atom stereocenters. The number of hydrogen-bond donors (Lipinski definition) is 1. The molecule has 1 N–H and O–H groups in total. The highest BCUT2D eigenvalue weighted by molar-refractivity contribution is 9.10. The lowest BCUT2D eigenvalue weighted by molar-refractivity contribution is -0.129. The number of benzene rings is 4. The smallest absolute Gasteiger partial charge is 0.336 e. The van der Waals surface area contributed by atoms with Crippen LogP contribution in [0, 0.1) is 0 Å². The van der Waals surface area contributed by atoms with Crippen molar-refractivity contribution in [2.75, 3.05) is 0 Å². The summed E-state index contributed by atoms with van der Waals surface area (Å²) in [4.78, 5) is 24.7. The molecule has 5 nitrogen and oxygen atoms in total. The van der Waals surface area contributed by atoms with E-state index in [4.69, 9.17) is 4.74 Å². The summed E-state index contributed by atoms with van der Waals surface area (Å²) in [6.07, 6.45) is 4.70. The largest absolute Gasteiger partial charge is 0.423 e. The van der Waals surface area contributed by atoms with Crippen LogP contribution in [0.5, 0.6) is 5.75 Å². The van der Waals surface area contributed by atoms with E-state index in [0.717, 1.165) is 26.4 Å². The molecule has 1 amide bonds. The third kappa shape index (κ3) is 6.27. The van der Waals surface area contributed by atoms with Crippen molar-refractivity contribution in [1.82, 2.24) is 5.43 Å². The predicted molar refractivity (Wildman–Crippen MR) is 139 cm³/mol. The predicted octanol–water partition coefficient (Wildman–Crippen LogP) is 5.91. The zero-order valence-electron chi connectivity index (χ0n) is 18.1. The van der Waals surface area contributed by atoms with Crippen LogP contribution in [0.15, 0.2) is 107 Å². The normalized spacial score (nSPS) is 11.2. The van der Waals surface area contributed by atoms with Crippen molar-refractivity contribution in [3.05, 3.63) is 118 Å². The first kappa shape index (κ1) is 23.1. The van der Waals surface area contributed by atoms with Gasteiger partial charge in [0.05, 0.1) is 12.6 Å². The number of fused-ring (bicyclic) bond motifs is 1. The van der Waals surface area contributed by atoms with Crippen molar-refractivity contribution < 1.29 is 14.3 Å². The van der Waals surface area contributed by atoms with E-state index in [1.54, 1.807) is 24.3 Å². The zero-order chi connectivity index (χ0) is 23.8. The monoisotopic (exact) mass is 512 g/mol. The molecule has 0 spiro atoms. The molecule has 0 aliphatic heterocycles. The summed E-state index contributed by atoms with van der Waals surface area (Å²) in [6.45, 7) is 0. The number of amides is 1. The maximum atomic E-state index is 12.5. The minimum Gasteiger partial charge on any atom is -0.423 e. The topological polar surface area (TPSA) is 67.8 Å². The third-order valence-corrected chi connectivity index (χ3v) is 5.51. The minimum atomic E-state index is -0.513. The highest BCUT2D eigenvalue weighted by atomic mass is 79.9. The Balaban J connectivity index is 1.41. The van der Waals surface area contributed by atoms with Crippen LogP contribution in [0.25, 0.3) is 16.8 Å². The number of hydrazone groups is 1. The lowest BCUT2D eigenvalue weighted by Gasteiger charge is -2.07. The third-order valence-electron chi connectivity index (χ3n) is 5.02. The van der Waals surface area contributed by atoms with E-state index in [1.807, 2.05) is 72.8 Å². The molecule has 0 saturated carbocycles. The molecule has 0 fully saturated rings. The van der Waals surface area contributed by atoms with Crippen molar-refractivity contribution in [3.63, 3.8) is 0 Å². The molecule has 0 unspecified atom stereocenters. The van der Waals surface area contributed by atoms with Gasteiger partial charge in [-0.3, -0.25) is 4.79 Å². The van der Waals surface area contributed by atoms with Crippen molar-refractivity contribution in [2.24, 2.45) is 5.10 Å². The Hall–Kier alpha value is -4.03. The fourth-order valence-electron chi connectivity index (χ4n) is 3.42. The van der Waals surface area contributed by atoms with Crippen LogP contribution in [-0.4, -0.2) is 18.1 Å². The fourth-order valence-corrected chi connectivity index (χ4v) is 3.80. The Labute approximate surface area is 205 Å². The standard InChI is InChI=1S/C28H21BrN2O3/c29-24-14-15-26(34-28(33)16-13-20-7-2-1-3-8-20)23(17-24)19-30-31-27(32)18-22-11-6-10-21-9-4-5-12-25(21)22/h1-17,19H,18H2,(H,31,32). The summed E-state index contributed by atoms with van der Waals surface area (Å²) in [5.41, 5.74) is 4.91. The van der Waals surface area contributed by atoms with E-state index in [0.29, 0.717) is 11.3 Å². The van der Waals surface area contributed by atoms with Crippen LogP contribution in [-0.2, 0) is 16.0 Å². The average molecular weight is 513 g/mol. The SMILES string of the molecule is O=C(Cc1cccc2ccccc12)NN=Cc1cc(Br)ccc1OC(=O)C=Cc1ccccc1. The van der Waals surface area contributed by atoms with E-state index in [-0.39, 0.29) is 12.3 Å². The molecule has 0 aliphatic carbocycles. The number of halogens is 1. The minimum absolute atomic E-state index is 0.198. The van der Waals surface area contributed by atoms with Gasteiger partial charge in [-0.1, -0.05) is 88.7 Å². The Kier molecular flexibility index (Phi) is 7.63. The van der Waals surface area contributed by atoms with Crippen LogP contribution in [0.3, 0.4) is 0 Å². The fraction of sp³-hybridized carbons (Fsp3) is 0.0357. The maximum Gasteiger partial charge on any atom is 0.336 e. The second-order valence-corrected chi connectivity index (χ2v) is 8.37. The zero-order valence-corrected chi connectivity index (χ0v) is 19.7. The number of esters is 1. The van der Waals surface area contributed by atoms with E-state index in [1.165, 1.54) is 12.3 Å². The van der Waals surface area contributed by atoms with Crippen LogP contribution < -0.4 is 10.2 Å². The number of ether oxygens (including phenoxy) is 1. The molecule has 4 aromatic rings. The molecule has 4 rings (SSSR count). The molecule has 0 bridgehead atoms. The van der Waals surface area contributed by atoms with Crippen molar-refractivity contribution in [2.45, 2.75) is 6.42 Å². The summed E-state index contributed by atoms with van der Waals surface area (Å²) in [5, 5.41) is 6.18. The number of rotatable bonds is 7. The van der Waals surface area contributed by atoms with Gasteiger partial charge in [-0.05, 0) is 46.2 Å². The van der Waals surface area contributed by atoms with Gasteiger partial charge >= 0.3 is 5.97 Å². The first-order valence-corrected chi connectivity index (χ1v) is 11.4. The second kappa shape index (κ2) is 11.2. The van der Waals surface area contributed by atoms with Gasteiger partial charge in [0, 0.05) is 16.1 Å². The molecule has 6 heteroatoms. The van der Waals surface area contributed by atoms with Gasteiger partial charge in [-0.2, -0.15) is 5.10 Å². The van der Waals surface area contributed by atoms with Gasteiger partial charge in [0.1, 0.15) is 5.75 Å². The van der Waals surface area contributed by atoms with Crippen LogP contribution in [0.4, 0.5) is 0 Å². The molecule has 34 heavy (non-hydrogen) atoms. The van der Waals surface area contributed by atoms with Crippen molar-refractivity contribution in [3.8, 4) is 5.75 Å². The molecule has 0 aliphatic rings. The lowest BCUT2D eigenvalue weighted by Crippen LogP contribution is -2.20. The van der Waals surface area contributed by atoms with Gasteiger partial charge in [0.2, 0.25) is 5.91 Å². The molecular formula is C28H21BrN2O3. The highest BCUT2D eigenvalue weighted by Crippen LogP contribution is 2.22. The molecule has 0 radical (unpaired) electrons. The van der Waals surface area contributed by atoms with Gasteiger partial charge in [0.25, 0.3) is 0 Å². The summed E-state index contributed by atoms with van der Waals surface area (Å²) in [5.74, 6) is -0.425. The first-order chi connectivity index (χ1) is 16.6. The molecule has 0 heterocycles. The molecule has 4 aromatic carbocycles. The Bertz CT molecular complexity index is 1380. The van der Waals surface area contributed by atoms with E-state index in [9.17, 15) is 9.59 Å². The summed E-state index contributed by atoms with van der Waals surface area (Å²) < 4.78 is 6.26. The summed E-state index contributed by atoms with van der Waals surface area (Å²) in [7, 11) is 0. The number of nitrogens with one attached hydrogen (secondary N) is 1. The van der Waals surface area contributed by atoms with Crippen LogP contribution >= 0.6 is 15.9 Å². The number of carbonyl (C=O) groups is 2. The highest BCUT2D eigenvalue weighted by Gasteiger charge is 2.09. The van der Waals surface area contributed by atoms with Gasteiger partial charge < -0.3 is 4.74 Å². The maximum absolute atomic E-state index is 12.5. The second-order valence-electron chi connectivity index (χ2n) is 7.46. The molecule has 0 saturated heterocycles. The quantitative estimate of drug-likeness (QED) is 0.110. The Morgan fingerprint density at radius 2 is 1.68 bits per heavy atom. The molecular weight excluding hydrogens is 492 g/mol. The number of hydrogen-bond acceptors (Lipinski definition) is 4. The number of carbonyl (C=O) groups excluding carboxylic acids is 2. The van der Waals surface area contributed by atoms with Gasteiger partial charge in [-0.15, -0.1) is 0 Å². The summed E-state index contributed by atoms with van der Waals surface area (Å²) in [6, 6.07) is 28.5. The molecule has 168 valence electrons. The Morgan fingerprint density at radius 1 is 0.912 bits per heavy atom. The average Bonchev–Trinajstić information content (AvgIpc) is 2.85. The van der Waals surface area contributed by atoms with Crippen LogP contribution in [0.2, 0.25) is 0 Å². The van der Waals surface area contributed by atoms with Gasteiger partial charge in [0.15, 0.2) is 0 Å².